The number of carbonyl (C=O) groups excluding carboxylic acids is 1. The zero-order valence-corrected chi connectivity index (χ0v) is 15.8. The Morgan fingerprint density at radius 2 is 2.19 bits per heavy atom. The zero-order valence-electron chi connectivity index (χ0n) is 15.8. The molecule has 8 nitrogen and oxygen atoms in total. The topological polar surface area (TPSA) is 114 Å². The summed E-state index contributed by atoms with van der Waals surface area (Å²) in [5.74, 6) is 0.231. The third kappa shape index (κ3) is 5.62. The van der Waals surface area contributed by atoms with Gasteiger partial charge in [-0.3, -0.25) is 9.36 Å². The van der Waals surface area contributed by atoms with Crippen LogP contribution in [0.4, 0.5) is 5.82 Å². The Morgan fingerprint density at radius 3 is 2.73 bits per heavy atom. The molecule has 2 heterocycles. The predicted octanol–water partition coefficient (Wildman–Crippen LogP) is 1.28. The SMILES string of the molecule is CC(CC(=O)Nc1ccn([C@H]2C[C@H](O)[C@@H](CO)O2)c(=O)n1)CC(C)(C)C. The number of aliphatic hydroxyl groups is 2. The number of hydrogen-bond donors (Lipinski definition) is 3. The van der Waals surface area contributed by atoms with Crippen molar-refractivity contribution in [3.63, 3.8) is 0 Å². The van der Waals surface area contributed by atoms with Gasteiger partial charge in [0.1, 0.15) is 18.1 Å². The Morgan fingerprint density at radius 1 is 1.50 bits per heavy atom. The second kappa shape index (κ2) is 8.28. The maximum Gasteiger partial charge on any atom is 0.351 e. The molecule has 0 aromatic carbocycles. The largest absolute Gasteiger partial charge is 0.394 e. The van der Waals surface area contributed by atoms with Crippen LogP contribution in [0.3, 0.4) is 0 Å². The van der Waals surface area contributed by atoms with E-state index >= 15 is 0 Å². The number of rotatable bonds is 6. The summed E-state index contributed by atoms with van der Waals surface area (Å²) in [4.78, 5) is 28.2. The van der Waals surface area contributed by atoms with Crippen molar-refractivity contribution in [2.45, 2.75) is 65.4 Å². The number of amides is 1. The summed E-state index contributed by atoms with van der Waals surface area (Å²) < 4.78 is 6.69. The molecular formula is C18H29N3O5. The standard InChI is InChI=1S/C18H29N3O5/c1-11(9-18(2,3)4)7-15(24)19-14-5-6-21(17(25)20-14)16-8-12(23)13(10-22)26-16/h5-6,11-13,16,22-23H,7-10H2,1-4H3,(H,19,20,24,25)/t11?,12-,13+,16+/m0/s1. The quantitative estimate of drug-likeness (QED) is 0.698. The molecule has 2 rings (SSSR count). The molecule has 4 atom stereocenters. The van der Waals surface area contributed by atoms with Gasteiger partial charge in [0.05, 0.1) is 12.7 Å². The maximum absolute atomic E-state index is 12.2. The fourth-order valence-electron chi connectivity index (χ4n) is 3.38. The van der Waals surface area contributed by atoms with E-state index in [-0.39, 0.29) is 36.1 Å². The smallest absolute Gasteiger partial charge is 0.351 e. The van der Waals surface area contributed by atoms with Gasteiger partial charge in [-0.1, -0.05) is 27.7 Å². The molecule has 1 aromatic rings. The van der Waals surface area contributed by atoms with Crippen molar-refractivity contribution in [2.75, 3.05) is 11.9 Å². The molecule has 8 heteroatoms. The molecule has 1 unspecified atom stereocenters. The van der Waals surface area contributed by atoms with Crippen LogP contribution >= 0.6 is 0 Å². The average Bonchev–Trinajstić information content (AvgIpc) is 2.85. The van der Waals surface area contributed by atoms with Gasteiger partial charge in [0.2, 0.25) is 5.91 Å². The Bertz CT molecular complexity index is 682. The first-order valence-corrected chi connectivity index (χ1v) is 8.92. The summed E-state index contributed by atoms with van der Waals surface area (Å²) >= 11 is 0. The number of nitrogens with zero attached hydrogens (tertiary/aromatic N) is 2. The van der Waals surface area contributed by atoms with Gasteiger partial charge >= 0.3 is 5.69 Å². The molecule has 0 saturated carbocycles. The minimum absolute atomic E-state index is 0.150. The van der Waals surface area contributed by atoms with Crippen molar-refractivity contribution in [1.82, 2.24) is 9.55 Å². The van der Waals surface area contributed by atoms with Crippen molar-refractivity contribution in [3.05, 3.63) is 22.7 Å². The molecule has 1 amide bonds. The summed E-state index contributed by atoms with van der Waals surface area (Å²) in [5, 5.41) is 21.5. The maximum atomic E-state index is 12.2. The van der Waals surface area contributed by atoms with E-state index < -0.39 is 24.1 Å². The molecule has 1 saturated heterocycles. The molecule has 1 aliphatic heterocycles. The predicted molar refractivity (Wildman–Crippen MR) is 96.6 cm³/mol. The summed E-state index contributed by atoms with van der Waals surface area (Å²) in [6.07, 6.45) is 0.722. The lowest BCUT2D eigenvalue weighted by Gasteiger charge is -2.22. The number of carbonyl (C=O) groups is 1. The van der Waals surface area contributed by atoms with Gasteiger partial charge < -0.3 is 20.3 Å². The van der Waals surface area contributed by atoms with Gasteiger partial charge in [-0.15, -0.1) is 0 Å². The van der Waals surface area contributed by atoms with Crippen molar-refractivity contribution in [2.24, 2.45) is 11.3 Å². The van der Waals surface area contributed by atoms with Crippen LogP contribution in [0.1, 0.15) is 53.2 Å². The number of hydrogen-bond acceptors (Lipinski definition) is 6. The molecule has 1 aliphatic rings. The van der Waals surface area contributed by atoms with Crippen molar-refractivity contribution < 1.29 is 19.7 Å². The number of ether oxygens (including phenoxy) is 1. The number of nitrogens with one attached hydrogen (secondary N) is 1. The summed E-state index contributed by atoms with van der Waals surface area (Å²) in [6, 6.07) is 1.52. The lowest BCUT2D eigenvalue weighted by atomic mass is 9.84. The highest BCUT2D eigenvalue weighted by molar-refractivity contribution is 5.89. The van der Waals surface area contributed by atoms with Crippen molar-refractivity contribution >= 4 is 11.7 Å². The fourth-order valence-corrected chi connectivity index (χ4v) is 3.38. The van der Waals surface area contributed by atoms with E-state index in [4.69, 9.17) is 9.84 Å². The minimum atomic E-state index is -0.833. The van der Waals surface area contributed by atoms with Crippen LogP contribution in [-0.4, -0.2) is 44.5 Å². The van der Waals surface area contributed by atoms with Gasteiger partial charge in [0, 0.05) is 19.0 Å². The van der Waals surface area contributed by atoms with Crippen LogP contribution in [0.5, 0.6) is 0 Å². The van der Waals surface area contributed by atoms with Gasteiger partial charge in [0.25, 0.3) is 0 Å². The van der Waals surface area contributed by atoms with E-state index in [1.165, 1.54) is 16.8 Å². The minimum Gasteiger partial charge on any atom is -0.394 e. The van der Waals surface area contributed by atoms with E-state index in [1.807, 2.05) is 6.92 Å². The first-order valence-electron chi connectivity index (χ1n) is 8.92. The Labute approximate surface area is 153 Å². The highest BCUT2D eigenvalue weighted by atomic mass is 16.5. The lowest BCUT2D eigenvalue weighted by molar-refractivity contribution is -0.117. The van der Waals surface area contributed by atoms with Crippen molar-refractivity contribution in [1.29, 1.82) is 0 Å². The van der Waals surface area contributed by atoms with Crippen LogP contribution in [0.15, 0.2) is 17.1 Å². The first kappa shape index (κ1) is 20.5. The number of aliphatic hydroxyl groups excluding tert-OH is 2. The lowest BCUT2D eigenvalue weighted by Crippen LogP contribution is -2.29. The molecule has 146 valence electrons. The molecule has 1 aromatic heterocycles. The molecule has 3 N–H and O–H groups in total. The van der Waals surface area contributed by atoms with Gasteiger partial charge in [-0.25, -0.2) is 4.79 Å². The van der Waals surface area contributed by atoms with Gasteiger partial charge in [0.15, 0.2) is 0 Å². The summed E-state index contributed by atoms with van der Waals surface area (Å²) in [6.45, 7) is 8.10. The Kier molecular flexibility index (Phi) is 6.54. The molecule has 0 bridgehead atoms. The van der Waals surface area contributed by atoms with E-state index in [1.54, 1.807) is 0 Å². The van der Waals surface area contributed by atoms with Crippen LogP contribution in [-0.2, 0) is 9.53 Å². The zero-order chi connectivity index (χ0) is 19.5. The van der Waals surface area contributed by atoms with E-state index in [2.05, 4.69) is 31.1 Å². The van der Waals surface area contributed by atoms with E-state index in [9.17, 15) is 14.7 Å². The first-order chi connectivity index (χ1) is 12.1. The van der Waals surface area contributed by atoms with Crippen LogP contribution in [0.25, 0.3) is 0 Å². The van der Waals surface area contributed by atoms with Crippen LogP contribution < -0.4 is 11.0 Å². The fraction of sp³-hybridized carbons (Fsp3) is 0.722. The summed E-state index contributed by atoms with van der Waals surface area (Å²) in [7, 11) is 0. The normalized spacial score (nSPS) is 24.5. The number of anilines is 1. The second-order valence-corrected chi connectivity index (χ2v) is 8.24. The third-order valence-corrected chi connectivity index (χ3v) is 4.29. The van der Waals surface area contributed by atoms with E-state index in [0.717, 1.165) is 6.42 Å². The molecule has 1 fully saturated rings. The van der Waals surface area contributed by atoms with E-state index in [0.29, 0.717) is 6.42 Å². The molecular weight excluding hydrogens is 338 g/mol. The number of aromatic nitrogens is 2. The highest BCUT2D eigenvalue weighted by Crippen LogP contribution is 2.28. The molecule has 0 spiro atoms. The monoisotopic (exact) mass is 367 g/mol. The Balaban J connectivity index is 1.97. The molecule has 0 radical (unpaired) electrons. The van der Waals surface area contributed by atoms with Crippen molar-refractivity contribution in [3.8, 4) is 0 Å². The van der Waals surface area contributed by atoms with Crippen LogP contribution in [0.2, 0.25) is 0 Å². The summed E-state index contributed by atoms with van der Waals surface area (Å²) in [5.41, 5.74) is -0.433. The van der Waals surface area contributed by atoms with Crippen LogP contribution in [0, 0.1) is 11.3 Å². The molecule has 0 aliphatic carbocycles. The van der Waals surface area contributed by atoms with Gasteiger partial charge in [-0.2, -0.15) is 4.98 Å². The van der Waals surface area contributed by atoms with Gasteiger partial charge in [-0.05, 0) is 23.8 Å². The Hall–Kier alpha value is -1.77. The molecule has 26 heavy (non-hydrogen) atoms. The average molecular weight is 367 g/mol. The third-order valence-electron chi connectivity index (χ3n) is 4.29. The second-order valence-electron chi connectivity index (χ2n) is 8.24. The highest BCUT2D eigenvalue weighted by Gasteiger charge is 2.35.